The summed E-state index contributed by atoms with van der Waals surface area (Å²) in [5, 5.41) is 2.10. The van der Waals surface area contributed by atoms with Crippen LogP contribution in [0.15, 0.2) is 30.3 Å². The maximum absolute atomic E-state index is 14.7. The number of carbonyl (C=O) groups is 4. The number of piperidine rings is 1. The fraction of sp³-hybridized carbons (Fsp3) is 0.273. The van der Waals surface area contributed by atoms with Crippen molar-refractivity contribution in [1.29, 1.82) is 0 Å². The molecule has 2 aromatic rings. The van der Waals surface area contributed by atoms with E-state index in [2.05, 4.69) is 5.32 Å². The number of hydrogen-bond donors (Lipinski definition) is 2. The molecule has 2 atom stereocenters. The number of carbonyl (C=O) groups excluding carboxylic acids is 4. The molecule has 176 valence electrons. The van der Waals surface area contributed by atoms with Gasteiger partial charge in [0.15, 0.2) is 0 Å². The van der Waals surface area contributed by atoms with Gasteiger partial charge < -0.3 is 10.2 Å². The lowest BCUT2D eigenvalue weighted by molar-refractivity contribution is -0.147. The van der Waals surface area contributed by atoms with E-state index in [4.69, 9.17) is 50.8 Å². The summed E-state index contributed by atoms with van der Waals surface area (Å²) in [7, 11) is 30.8. The molecular weight excluding hydrogens is 498 g/mol. The van der Waals surface area contributed by atoms with E-state index in [0.717, 1.165) is 23.1 Å². The number of fused-ring (bicyclic) bond motifs is 1. The molecule has 0 saturated carbocycles. The Morgan fingerprint density at radius 2 is 1.81 bits per heavy atom. The maximum Gasteiger partial charge on any atom is 0.349 e. The Hall–Kier alpha value is -3.01. The van der Waals surface area contributed by atoms with Crippen LogP contribution in [0.5, 0.6) is 0 Å². The summed E-state index contributed by atoms with van der Waals surface area (Å²) in [4.78, 5) is 50.5. The molecule has 10 radical (unpaired) electrons. The largest absolute Gasteiger partial charge is 0.352 e. The van der Waals surface area contributed by atoms with Crippen molar-refractivity contribution < 1.29 is 28.0 Å². The first-order chi connectivity index (χ1) is 17.2. The van der Waals surface area contributed by atoms with E-state index in [-0.39, 0.29) is 45.5 Å². The molecule has 15 heteroatoms. The Morgan fingerprint density at radius 3 is 2.41 bits per heavy atom. The molecule has 0 aromatic heterocycles. The summed E-state index contributed by atoms with van der Waals surface area (Å²) in [6.45, 7) is 0. The van der Waals surface area contributed by atoms with Crippen molar-refractivity contribution in [2.45, 2.75) is 36.1 Å². The van der Waals surface area contributed by atoms with Gasteiger partial charge in [-0.15, -0.1) is 0 Å². The summed E-state index contributed by atoms with van der Waals surface area (Å²) in [5.74, 6) is -9.48. The van der Waals surface area contributed by atoms with Crippen LogP contribution in [0.4, 0.5) is 8.78 Å². The molecule has 1 fully saturated rings. The number of amides is 4. The van der Waals surface area contributed by atoms with Gasteiger partial charge in [0.2, 0.25) is 11.8 Å². The van der Waals surface area contributed by atoms with Gasteiger partial charge in [0.25, 0.3) is 11.8 Å². The highest BCUT2D eigenvalue weighted by atomic mass is 35.5. The predicted octanol–water partition coefficient (Wildman–Crippen LogP) is -1.29. The molecule has 2 unspecified atom stereocenters. The van der Waals surface area contributed by atoms with Crippen LogP contribution in [0, 0.1) is 0 Å². The van der Waals surface area contributed by atoms with Crippen molar-refractivity contribution in [2.75, 3.05) is 0 Å². The average Bonchev–Trinajstić information content (AvgIpc) is 3.02. The van der Waals surface area contributed by atoms with E-state index < -0.39 is 52.4 Å². The lowest BCUT2D eigenvalue weighted by Crippen LogP contribution is -2.59. The molecule has 0 aliphatic carbocycles. The van der Waals surface area contributed by atoms with Gasteiger partial charge in [-0.1, -0.05) is 40.7 Å². The molecule has 2 N–H and O–H groups in total. The lowest BCUT2D eigenvalue weighted by atomic mass is 9.54. The molecule has 2 aliphatic rings. The summed E-state index contributed by atoms with van der Waals surface area (Å²) in [6, 6.07) is 4.29. The smallest absolute Gasteiger partial charge is 0.349 e. The summed E-state index contributed by atoms with van der Waals surface area (Å²) >= 11 is 5.72. The molecule has 37 heavy (non-hydrogen) atoms. The van der Waals surface area contributed by atoms with Crippen LogP contribution < -0.4 is 21.6 Å². The van der Waals surface area contributed by atoms with Crippen LogP contribution in [0.2, 0.25) is 5.02 Å². The van der Waals surface area contributed by atoms with Crippen molar-refractivity contribution in [1.82, 2.24) is 15.5 Å². The van der Waals surface area contributed by atoms with Crippen molar-refractivity contribution in [3.8, 4) is 0 Å². The molecular formula is C22H13B5ClF2N3O4. The van der Waals surface area contributed by atoms with Crippen molar-refractivity contribution in [3.63, 3.8) is 0 Å². The molecule has 1 saturated heterocycles. The second-order valence-corrected chi connectivity index (χ2v) is 9.15. The fourth-order valence-corrected chi connectivity index (χ4v) is 4.61. The lowest BCUT2D eigenvalue weighted by Gasteiger charge is -2.41. The first kappa shape index (κ1) is 27.0. The SMILES string of the molecule is [B]c1cc(C([B])NC(=O)C(F)(F)c2ccc(Cl)cc2)c([B])c2c1C(=O)N(C1CCC(=O)NC1=O)C2([B])[B]. The van der Waals surface area contributed by atoms with E-state index in [9.17, 15) is 28.0 Å². The van der Waals surface area contributed by atoms with E-state index in [1.54, 1.807) is 0 Å². The number of imide groups is 1. The first-order valence-corrected chi connectivity index (χ1v) is 11.2. The van der Waals surface area contributed by atoms with Gasteiger partial charge in [-0.2, -0.15) is 8.78 Å². The van der Waals surface area contributed by atoms with E-state index >= 15 is 0 Å². The minimum atomic E-state index is -3.98. The molecule has 2 heterocycles. The second kappa shape index (κ2) is 9.38. The minimum absolute atomic E-state index is 0.0530. The maximum atomic E-state index is 14.7. The Balaban J connectivity index is 1.67. The van der Waals surface area contributed by atoms with E-state index in [1.165, 1.54) is 12.1 Å². The normalized spacial score (nSPS) is 19.8. The minimum Gasteiger partial charge on any atom is -0.352 e. The molecule has 2 aliphatic heterocycles. The van der Waals surface area contributed by atoms with E-state index in [1.807, 2.05) is 5.32 Å². The number of alkyl halides is 2. The summed E-state index contributed by atoms with van der Waals surface area (Å²) in [5.41, 5.74) is -1.69. The highest BCUT2D eigenvalue weighted by Crippen LogP contribution is 2.37. The Morgan fingerprint density at radius 1 is 1.19 bits per heavy atom. The van der Waals surface area contributed by atoms with Crippen LogP contribution in [0.1, 0.15) is 45.8 Å². The van der Waals surface area contributed by atoms with Crippen LogP contribution in [-0.4, -0.2) is 73.8 Å². The number of hydrogen-bond acceptors (Lipinski definition) is 4. The first-order valence-electron chi connectivity index (χ1n) is 10.9. The van der Waals surface area contributed by atoms with Crippen LogP contribution >= 0.6 is 11.6 Å². The Labute approximate surface area is 222 Å². The van der Waals surface area contributed by atoms with Crippen LogP contribution in [0.3, 0.4) is 0 Å². The highest BCUT2D eigenvalue weighted by Gasteiger charge is 2.50. The molecule has 0 spiro atoms. The van der Waals surface area contributed by atoms with Gasteiger partial charge in [0.05, 0.1) is 15.7 Å². The fourth-order valence-electron chi connectivity index (χ4n) is 4.48. The topological polar surface area (TPSA) is 95.6 Å². The third-order valence-electron chi connectivity index (χ3n) is 6.30. The Bertz CT molecular complexity index is 1340. The molecule has 2 aromatic carbocycles. The van der Waals surface area contributed by atoms with Gasteiger partial charge in [-0.3, -0.25) is 24.5 Å². The highest BCUT2D eigenvalue weighted by molar-refractivity contribution is 6.50. The van der Waals surface area contributed by atoms with Gasteiger partial charge in [0, 0.05) is 28.5 Å². The van der Waals surface area contributed by atoms with Crippen LogP contribution in [-0.2, 0) is 25.6 Å². The number of nitrogens with one attached hydrogen (secondary N) is 2. The molecule has 4 rings (SSSR count). The zero-order chi connectivity index (χ0) is 27.4. The molecule has 0 bridgehead atoms. The second-order valence-electron chi connectivity index (χ2n) is 8.72. The van der Waals surface area contributed by atoms with Crippen molar-refractivity contribution in [2.24, 2.45) is 0 Å². The molecule has 4 amide bonds. The summed E-state index contributed by atoms with van der Waals surface area (Å²) in [6.07, 6.45) is -0.121. The zero-order valence-electron chi connectivity index (χ0n) is 19.1. The van der Waals surface area contributed by atoms with E-state index in [0.29, 0.717) is 0 Å². The van der Waals surface area contributed by atoms with Gasteiger partial charge >= 0.3 is 5.92 Å². The standard InChI is InChI=1S/C22H13B5ClF2N3O4/c23-11-7-10(17(25)32-20(37)21(29,30)8-1-3-9(28)4-2-8)16(24)15-14(11)19(36)33(22(15,26)27)12-5-6-13(34)31-18(12)35/h1-4,7,12,17H,5-6H2,(H,32,37)(H,31,34,35). The van der Waals surface area contributed by atoms with Gasteiger partial charge in [0.1, 0.15) is 29.6 Å². The predicted molar refractivity (Wildman–Crippen MR) is 135 cm³/mol. The number of nitrogens with zero attached hydrogens (tertiary/aromatic N) is 1. The van der Waals surface area contributed by atoms with Gasteiger partial charge in [-0.25, -0.2) is 0 Å². The Kier molecular flexibility index (Phi) is 6.86. The van der Waals surface area contributed by atoms with Crippen LogP contribution in [0.25, 0.3) is 0 Å². The number of halogens is 3. The zero-order valence-corrected chi connectivity index (χ0v) is 19.8. The van der Waals surface area contributed by atoms with Crippen molar-refractivity contribution in [3.05, 3.63) is 57.6 Å². The average molecular weight is 511 g/mol. The van der Waals surface area contributed by atoms with Crippen molar-refractivity contribution >= 4 is 85.4 Å². The summed E-state index contributed by atoms with van der Waals surface area (Å²) < 4.78 is 29.5. The quantitative estimate of drug-likeness (QED) is 0.387. The molecule has 7 nitrogen and oxygen atoms in total. The monoisotopic (exact) mass is 511 g/mol. The third-order valence-corrected chi connectivity index (χ3v) is 6.55. The third kappa shape index (κ3) is 4.49. The van der Waals surface area contributed by atoms with Gasteiger partial charge in [-0.05, 0) is 35.0 Å². The number of benzene rings is 2. The number of rotatable bonds is 5.